The van der Waals surface area contributed by atoms with E-state index in [0.29, 0.717) is 5.95 Å². The molecule has 16 heavy (non-hydrogen) atoms. The first-order chi connectivity index (χ1) is 7.79. The first-order valence-corrected chi connectivity index (χ1v) is 5.74. The third-order valence-electron chi connectivity index (χ3n) is 2.80. The standard InChI is InChI=1S/C11H17FN4/c1-2-3-15-4-6-16(7-5-15)11-13-8-10(12)9-14-11/h8-9H,2-7H2,1H3. The Morgan fingerprint density at radius 1 is 1.19 bits per heavy atom. The summed E-state index contributed by atoms with van der Waals surface area (Å²) in [5, 5.41) is 0. The number of piperazine rings is 1. The second-order valence-corrected chi connectivity index (χ2v) is 4.03. The minimum Gasteiger partial charge on any atom is -0.338 e. The number of anilines is 1. The van der Waals surface area contributed by atoms with Gasteiger partial charge in [0, 0.05) is 26.2 Å². The van der Waals surface area contributed by atoms with Crippen LogP contribution in [0.2, 0.25) is 0 Å². The molecule has 1 aliphatic heterocycles. The van der Waals surface area contributed by atoms with Gasteiger partial charge in [0.05, 0.1) is 12.4 Å². The molecule has 0 saturated carbocycles. The highest BCUT2D eigenvalue weighted by Gasteiger charge is 2.17. The van der Waals surface area contributed by atoms with E-state index in [4.69, 9.17) is 0 Å². The van der Waals surface area contributed by atoms with Crippen molar-refractivity contribution in [3.8, 4) is 0 Å². The number of nitrogens with zero attached hydrogens (tertiary/aromatic N) is 4. The van der Waals surface area contributed by atoms with E-state index in [2.05, 4.69) is 26.7 Å². The zero-order chi connectivity index (χ0) is 11.4. The van der Waals surface area contributed by atoms with Crippen LogP contribution in [0.25, 0.3) is 0 Å². The van der Waals surface area contributed by atoms with Gasteiger partial charge in [0.1, 0.15) is 0 Å². The van der Waals surface area contributed by atoms with Gasteiger partial charge in [-0.1, -0.05) is 6.92 Å². The predicted molar refractivity (Wildman–Crippen MR) is 60.9 cm³/mol. The Bertz CT molecular complexity index is 319. The van der Waals surface area contributed by atoms with E-state index >= 15 is 0 Å². The lowest BCUT2D eigenvalue weighted by molar-refractivity contribution is 0.257. The van der Waals surface area contributed by atoms with Gasteiger partial charge in [-0.05, 0) is 13.0 Å². The van der Waals surface area contributed by atoms with Gasteiger partial charge in [-0.15, -0.1) is 0 Å². The Labute approximate surface area is 95.1 Å². The summed E-state index contributed by atoms with van der Waals surface area (Å²) < 4.78 is 12.7. The summed E-state index contributed by atoms with van der Waals surface area (Å²) in [4.78, 5) is 12.5. The van der Waals surface area contributed by atoms with Gasteiger partial charge in [0.15, 0.2) is 5.82 Å². The van der Waals surface area contributed by atoms with Crippen molar-refractivity contribution in [2.75, 3.05) is 37.6 Å². The molecule has 1 aromatic rings. The summed E-state index contributed by atoms with van der Waals surface area (Å²) in [6.45, 7) is 7.26. The number of halogens is 1. The molecule has 0 atom stereocenters. The van der Waals surface area contributed by atoms with Gasteiger partial charge >= 0.3 is 0 Å². The van der Waals surface area contributed by atoms with E-state index in [-0.39, 0.29) is 5.82 Å². The molecule has 2 rings (SSSR count). The molecule has 1 aliphatic rings. The summed E-state index contributed by atoms with van der Waals surface area (Å²) in [5.74, 6) is 0.255. The Hall–Kier alpha value is -1.23. The van der Waals surface area contributed by atoms with Gasteiger partial charge in [-0.2, -0.15) is 0 Å². The maximum absolute atomic E-state index is 12.7. The molecule has 0 spiro atoms. The molecule has 0 aromatic carbocycles. The normalized spacial score (nSPS) is 17.8. The summed E-state index contributed by atoms with van der Waals surface area (Å²) >= 11 is 0. The van der Waals surface area contributed by atoms with Crippen molar-refractivity contribution < 1.29 is 4.39 Å². The monoisotopic (exact) mass is 224 g/mol. The molecule has 1 fully saturated rings. The fraction of sp³-hybridized carbons (Fsp3) is 0.636. The SMILES string of the molecule is CCCN1CCN(c2ncc(F)cn2)CC1. The lowest BCUT2D eigenvalue weighted by Gasteiger charge is -2.34. The predicted octanol–water partition coefficient (Wildman–Crippen LogP) is 1.15. The highest BCUT2D eigenvalue weighted by Crippen LogP contribution is 2.10. The Balaban J connectivity index is 1.91. The van der Waals surface area contributed by atoms with Crippen molar-refractivity contribution in [2.45, 2.75) is 13.3 Å². The van der Waals surface area contributed by atoms with Gasteiger partial charge in [0.25, 0.3) is 0 Å². The van der Waals surface area contributed by atoms with Crippen molar-refractivity contribution in [2.24, 2.45) is 0 Å². The van der Waals surface area contributed by atoms with Crippen molar-refractivity contribution in [1.82, 2.24) is 14.9 Å². The molecule has 0 aliphatic carbocycles. The van der Waals surface area contributed by atoms with Crippen LogP contribution in [0.1, 0.15) is 13.3 Å². The lowest BCUT2D eigenvalue weighted by atomic mass is 10.3. The Kier molecular flexibility index (Phi) is 3.66. The van der Waals surface area contributed by atoms with E-state index in [1.54, 1.807) is 0 Å². The summed E-state index contributed by atoms with van der Waals surface area (Å²) in [7, 11) is 0. The molecule has 0 radical (unpaired) electrons. The minimum absolute atomic E-state index is 0.381. The molecule has 1 aromatic heterocycles. The molecular formula is C11H17FN4. The van der Waals surface area contributed by atoms with Crippen LogP contribution in [0.4, 0.5) is 10.3 Å². The third kappa shape index (κ3) is 2.66. The zero-order valence-electron chi connectivity index (χ0n) is 9.56. The second-order valence-electron chi connectivity index (χ2n) is 4.03. The fourth-order valence-electron chi connectivity index (χ4n) is 1.96. The van der Waals surface area contributed by atoms with Gasteiger partial charge < -0.3 is 4.90 Å². The van der Waals surface area contributed by atoms with Crippen LogP contribution in [0.3, 0.4) is 0 Å². The number of hydrogen-bond acceptors (Lipinski definition) is 4. The number of hydrogen-bond donors (Lipinski definition) is 0. The smallest absolute Gasteiger partial charge is 0.225 e. The lowest BCUT2D eigenvalue weighted by Crippen LogP contribution is -2.47. The number of aromatic nitrogens is 2. The van der Waals surface area contributed by atoms with Crippen molar-refractivity contribution in [3.63, 3.8) is 0 Å². The molecule has 2 heterocycles. The van der Waals surface area contributed by atoms with Crippen LogP contribution in [-0.2, 0) is 0 Å². The Morgan fingerprint density at radius 3 is 2.38 bits per heavy atom. The van der Waals surface area contributed by atoms with E-state index in [1.165, 1.54) is 18.8 Å². The number of rotatable bonds is 3. The molecular weight excluding hydrogens is 207 g/mol. The van der Waals surface area contributed by atoms with Crippen LogP contribution in [0, 0.1) is 5.82 Å². The maximum atomic E-state index is 12.7. The zero-order valence-corrected chi connectivity index (χ0v) is 9.56. The van der Waals surface area contributed by atoms with Crippen LogP contribution < -0.4 is 4.90 Å². The van der Waals surface area contributed by atoms with E-state index in [1.807, 2.05) is 0 Å². The topological polar surface area (TPSA) is 32.3 Å². The van der Waals surface area contributed by atoms with Gasteiger partial charge in [0.2, 0.25) is 5.95 Å². The largest absolute Gasteiger partial charge is 0.338 e. The molecule has 5 heteroatoms. The van der Waals surface area contributed by atoms with E-state index < -0.39 is 0 Å². The third-order valence-corrected chi connectivity index (χ3v) is 2.80. The molecule has 4 nitrogen and oxygen atoms in total. The summed E-state index contributed by atoms with van der Waals surface area (Å²) in [6.07, 6.45) is 3.63. The van der Waals surface area contributed by atoms with Crippen molar-refractivity contribution >= 4 is 5.95 Å². The summed E-state index contributed by atoms with van der Waals surface area (Å²) in [5.41, 5.74) is 0. The van der Waals surface area contributed by atoms with E-state index in [9.17, 15) is 4.39 Å². The highest BCUT2D eigenvalue weighted by molar-refractivity contribution is 5.29. The van der Waals surface area contributed by atoms with Crippen molar-refractivity contribution in [3.05, 3.63) is 18.2 Å². The maximum Gasteiger partial charge on any atom is 0.225 e. The fourth-order valence-corrected chi connectivity index (χ4v) is 1.96. The van der Waals surface area contributed by atoms with Crippen LogP contribution in [-0.4, -0.2) is 47.6 Å². The quantitative estimate of drug-likeness (QED) is 0.771. The molecule has 0 unspecified atom stereocenters. The first kappa shape index (κ1) is 11.3. The highest BCUT2D eigenvalue weighted by atomic mass is 19.1. The van der Waals surface area contributed by atoms with Gasteiger partial charge in [-0.3, -0.25) is 4.90 Å². The summed E-state index contributed by atoms with van der Waals surface area (Å²) in [6, 6.07) is 0. The van der Waals surface area contributed by atoms with Crippen molar-refractivity contribution in [1.29, 1.82) is 0 Å². The van der Waals surface area contributed by atoms with E-state index in [0.717, 1.165) is 32.7 Å². The van der Waals surface area contributed by atoms with Crippen LogP contribution >= 0.6 is 0 Å². The molecule has 88 valence electrons. The molecule has 0 bridgehead atoms. The average Bonchev–Trinajstić information content (AvgIpc) is 2.32. The van der Waals surface area contributed by atoms with Gasteiger partial charge in [-0.25, -0.2) is 14.4 Å². The molecule has 0 N–H and O–H groups in total. The second kappa shape index (κ2) is 5.21. The van der Waals surface area contributed by atoms with Crippen LogP contribution in [0.15, 0.2) is 12.4 Å². The Morgan fingerprint density at radius 2 is 1.81 bits per heavy atom. The molecule has 1 saturated heterocycles. The average molecular weight is 224 g/mol. The van der Waals surface area contributed by atoms with Crippen LogP contribution in [0.5, 0.6) is 0 Å². The minimum atomic E-state index is -0.381. The molecule has 0 amide bonds. The first-order valence-electron chi connectivity index (χ1n) is 5.74.